The van der Waals surface area contributed by atoms with Crippen molar-refractivity contribution >= 4 is 11.6 Å². The third kappa shape index (κ3) is 1.52. The standard InChI is InChI=1S/C9H7Cl/c1-2-9(10)8-6-4-3-5-7-8/h1,3-7,9H/t9-/m0/s1. The van der Waals surface area contributed by atoms with Gasteiger partial charge in [0, 0.05) is 0 Å². The molecule has 0 radical (unpaired) electrons. The van der Waals surface area contributed by atoms with E-state index in [-0.39, 0.29) is 5.38 Å². The molecule has 1 atom stereocenters. The molecule has 0 fully saturated rings. The maximum Gasteiger partial charge on any atom is 0.119 e. The minimum Gasteiger partial charge on any atom is -0.118 e. The summed E-state index contributed by atoms with van der Waals surface area (Å²) in [6, 6.07) is 9.60. The molecule has 0 aliphatic carbocycles. The fraction of sp³-hybridized carbons (Fsp3) is 0.111. The van der Waals surface area contributed by atoms with Crippen LogP contribution in [0.2, 0.25) is 0 Å². The minimum atomic E-state index is -0.291. The smallest absolute Gasteiger partial charge is 0.118 e. The fourth-order valence-electron chi connectivity index (χ4n) is 0.718. The van der Waals surface area contributed by atoms with E-state index in [2.05, 4.69) is 5.92 Å². The zero-order chi connectivity index (χ0) is 7.40. The van der Waals surface area contributed by atoms with Gasteiger partial charge in [-0.2, -0.15) is 0 Å². The van der Waals surface area contributed by atoms with Crippen LogP contribution in [0.3, 0.4) is 0 Å². The van der Waals surface area contributed by atoms with E-state index in [1.807, 2.05) is 30.3 Å². The third-order valence-electron chi connectivity index (χ3n) is 1.24. The van der Waals surface area contributed by atoms with Gasteiger partial charge in [-0.25, -0.2) is 0 Å². The zero-order valence-corrected chi connectivity index (χ0v) is 6.18. The van der Waals surface area contributed by atoms with E-state index in [9.17, 15) is 0 Å². The lowest BCUT2D eigenvalue weighted by atomic mass is 10.2. The Hall–Kier alpha value is -0.930. The predicted molar refractivity (Wildman–Crippen MR) is 43.9 cm³/mol. The summed E-state index contributed by atoms with van der Waals surface area (Å²) in [4.78, 5) is 0. The highest BCUT2D eigenvalue weighted by Gasteiger charge is 1.99. The average molecular weight is 151 g/mol. The molecule has 1 rings (SSSR count). The molecule has 1 aromatic carbocycles. The van der Waals surface area contributed by atoms with Crippen molar-refractivity contribution in [1.29, 1.82) is 0 Å². The quantitative estimate of drug-likeness (QED) is 0.427. The molecule has 0 N–H and O–H groups in total. The fourth-order valence-corrected chi connectivity index (χ4v) is 0.864. The number of halogens is 1. The van der Waals surface area contributed by atoms with Gasteiger partial charge in [-0.3, -0.25) is 0 Å². The number of alkyl halides is 1. The normalized spacial score (nSPS) is 12.0. The number of hydrogen-bond acceptors (Lipinski definition) is 0. The molecule has 0 aliphatic heterocycles. The summed E-state index contributed by atoms with van der Waals surface area (Å²) in [6.07, 6.45) is 5.12. The van der Waals surface area contributed by atoms with Crippen molar-refractivity contribution in [3.05, 3.63) is 35.9 Å². The molecule has 0 nitrogen and oxygen atoms in total. The highest BCUT2D eigenvalue weighted by atomic mass is 35.5. The molecule has 10 heavy (non-hydrogen) atoms. The largest absolute Gasteiger partial charge is 0.119 e. The Morgan fingerprint density at radius 3 is 2.40 bits per heavy atom. The van der Waals surface area contributed by atoms with Crippen molar-refractivity contribution in [2.24, 2.45) is 0 Å². The molecule has 0 bridgehead atoms. The Kier molecular flexibility index (Phi) is 2.36. The molecule has 0 spiro atoms. The molecular formula is C9H7Cl. The number of terminal acetylenes is 1. The summed E-state index contributed by atoms with van der Waals surface area (Å²) in [5, 5.41) is -0.291. The topological polar surface area (TPSA) is 0 Å². The van der Waals surface area contributed by atoms with Crippen LogP contribution in [0.4, 0.5) is 0 Å². The summed E-state index contributed by atoms with van der Waals surface area (Å²) in [5.74, 6) is 2.45. The molecule has 0 aromatic heterocycles. The molecular weight excluding hydrogens is 144 g/mol. The Morgan fingerprint density at radius 1 is 1.30 bits per heavy atom. The van der Waals surface area contributed by atoms with Gasteiger partial charge >= 0.3 is 0 Å². The van der Waals surface area contributed by atoms with Crippen molar-refractivity contribution in [1.82, 2.24) is 0 Å². The number of benzene rings is 1. The molecule has 50 valence electrons. The maximum absolute atomic E-state index is 5.75. The lowest BCUT2D eigenvalue weighted by Crippen LogP contribution is -1.83. The molecule has 0 amide bonds. The van der Waals surface area contributed by atoms with Crippen LogP contribution in [-0.2, 0) is 0 Å². The van der Waals surface area contributed by atoms with E-state index < -0.39 is 0 Å². The van der Waals surface area contributed by atoms with E-state index >= 15 is 0 Å². The molecule has 0 aliphatic rings. The Labute approximate surface area is 65.8 Å². The third-order valence-corrected chi connectivity index (χ3v) is 1.62. The first kappa shape index (κ1) is 7.18. The highest BCUT2D eigenvalue weighted by molar-refractivity contribution is 6.22. The van der Waals surface area contributed by atoms with E-state index in [1.165, 1.54) is 0 Å². The minimum absolute atomic E-state index is 0.291. The first-order chi connectivity index (χ1) is 4.84. The van der Waals surface area contributed by atoms with Crippen LogP contribution in [0, 0.1) is 12.3 Å². The van der Waals surface area contributed by atoms with Gasteiger partial charge in [-0.05, 0) is 5.56 Å². The zero-order valence-electron chi connectivity index (χ0n) is 5.42. The monoisotopic (exact) mass is 150 g/mol. The van der Waals surface area contributed by atoms with Crippen LogP contribution in [0.1, 0.15) is 10.9 Å². The van der Waals surface area contributed by atoms with E-state index in [0.29, 0.717) is 0 Å². The van der Waals surface area contributed by atoms with Crippen molar-refractivity contribution < 1.29 is 0 Å². The second-order valence-corrected chi connectivity index (χ2v) is 2.38. The van der Waals surface area contributed by atoms with Gasteiger partial charge in [0.25, 0.3) is 0 Å². The molecule has 0 unspecified atom stereocenters. The maximum atomic E-state index is 5.75. The Balaban J connectivity index is 2.88. The number of hydrogen-bond donors (Lipinski definition) is 0. The Morgan fingerprint density at radius 2 is 1.90 bits per heavy atom. The second kappa shape index (κ2) is 3.29. The lowest BCUT2D eigenvalue weighted by Gasteiger charge is -1.98. The van der Waals surface area contributed by atoms with Gasteiger partial charge in [0.1, 0.15) is 5.38 Å². The summed E-state index contributed by atoms with van der Waals surface area (Å²) in [6.45, 7) is 0. The van der Waals surface area contributed by atoms with Gasteiger partial charge in [-0.1, -0.05) is 36.3 Å². The molecule has 0 heterocycles. The lowest BCUT2D eigenvalue weighted by molar-refractivity contribution is 1.26. The number of rotatable bonds is 1. The second-order valence-electron chi connectivity index (χ2n) is 1.94. The average Bonchev–Trinajstić information content (AvgIpc) is 2.05. The SMILES string of the molecule is C#C[C@H](Cl)c1ccccc1. The summed E-state index contributed by atoms with van der Waals surface area (Å²) in [5.41, 5.74) is 0.978. The van der Waals surface area contributed by atoms with Crippen LogP contribution in [0.15, 0.2) is 30.3 Å². The van der Waals surface area contributed by atoms with Crippen molar-refractivity contribution in [3.8, 4) is 12.3 Å². The van der Waals surface area contributed by atoms with Gasteiger partial charge in [0.05, 0.1) is 0 Å². The Bertz CT molecular complexity index is 233. The summed E-state index contributed by atoms with van der Waals surface area (Å²) >= 11 is 5.75. The van der Waals surface area contributed by atoms with Crippen molar-refractivity contribution in [2.45, 2.75) is 5.38 Å². The van der Waals surface area contributed by atoms with E-state index in [1.54, 1.807) is 0 Å². The predicted octanol–water partition coefficient (Wildman–Crippen LogP) is 2.60. The first-order valence-corrected chi connectivity index (χ1v) is 3.43. The van der Waals surface area contributed by atoms with Gasteiger partial charge in [0.2, 0.25) is 0 Å². The first-order valence-electron chi connectivity index (χ1n) is 2.99. The van der Waals surface area contributed by atoms with Gasteiger partial charge < -0.3 is 0 Å². The summed E-state index contributed by atoms with van der Waals surface area (Å²) < 4.78 is 0. The van der Waals surface area contributed by atoms with Gasteiger partial charge in [-0.15, -0.1) is 18.0 Å². The van der Waals surface area contributed by atoms with Crippen molar-refractivity contribution in [3.63, 3.8) is 0 Å². The molecule has 0 saturated carbocycles. The van der Waals surface area contributed by atoms with E-state index in [4.69, 9.17) is 18.0 Å². The van der Waals surface area contributed by atoms with Crippen LogP contribution in [0.5, 0.6) is 0 Å². The van der Waals surface area contributed by atoms with Crippen LogP contribution < -0.4 is 0 Å². The molecule has 0 saturated heterocycles. The highest BCUT2D eigenvalue weighted by Crippen LogP contribution is 2.17. The van der Waals surface area contributed by atoms with E-state index in [0.717, 1.165) is 5.56 Å². The molecule has 1 heteroatoms. The van der Waals surface area contributed by atoms with Crippen LogP contribution in [-0.4, -0.2) is 0 Å². The van der Waals surface area contributed by atoms with Crippen LogP contribution >= 0.6 is 11.6 Å². The van der Waals surface area contributed by atoms with Gasteiger partial charge in [0.15, 0.2) is 0 Å². The van der Waals surface area contributed by atoms with Crippen molar-refractivity contribution in [2.75, 3.05) is 0 Å². The molecule has 1 aromatic rings. The van der Waals surface area contributed by atoms with Crippen LogP contribution in [0.25, 0.3) is 0 Å². The summed E-state index contributed by atoms with van der Waals surface area (Å²) in [7, 11) is 0.